The molecule has 2 aromatic heterocycles. The Hall–Kier alpha value is -4.76. The highest BCUT2D eigenvalue weighted by Crippen LogP contribution is 2.42. The maximum absolute atomic E-state index is 12.2. The number of aryl methyl sites for hydroxylation is 2. The van der Waals surface area contributed by atoms with E-state index in [0.29, 0.717) is 11.1 Å². The lowest BCUT2D eigenvalue weighted by Crippen LogP contribution is -2.04. The number of ether oxygens (including phenoxy) is 2. The van der Waals surface area contributed by atoms with Gasteiger partial charge in [-0.15, -0.1) is 0 Å². The van der Waals surface area contributed by atoms with E-state index in [4.69, 9.17) is 25.6 Å². The number of rotatable bonds is 9. The van der Waals surface area contributed by atoms with Crippen LogP contribution in [0.5, 0.6) is 11.5 Å². The van der Waals surface area contributed by atoms with Gasteiger partial charge in [-0.25, -0.2) is 4.98 Å². The molecule has 0 saturated heterocycles. The lowest BCUT2D eigenvalue weighted by molar-refractivity contribution is -0.386. The van der Waals surface area contributed by atoms with Gasteiger partial charge in [-0.1, -0.05) is 77.4 Å². The Balaban J connectivity index is 1.55. The molecule has 0 spiro atoms. The van der Waals surface area contributed by atoms with Crippen molar-refractivity contribution in [3.05, 3.63) is 117 Å². The summed E-state index contributed by atoms with van der Waals surface area (Å²) in [6.45, 7) is 3.99. The molecule has 0 radical (unpaired) electrons. The second-order valence-corrected chi connectivity index (χ2v) is 9.16. The summed E-state index contributed by atoms with van der Waals surface area (Å²) in [6, 6.07) is 23.6. The van der Waals surface area contributed by atoms with Crippen molar-refractivity contribution in [2.75, 3.05) is 0 Å². The minimum absolute atomic E-state index is 0.00453. The van der Waals surface area contributed by atoms with Crippen LogP contribution in [0.15, 0.2) is 83.4 Å². The molecule has 39 heavy (non-hydrogen) atoms. The van der Waals surface area contributed by atoms with Crippen molar-refractivity contribution in [1.82, 2.24) is 15.1 Å². The average molecular weight is 543 g/mol. The molecule has 0 atom stereocenters. The molecule has 0 N–H and O–H groups in total. The third-order valence-corrected chi connectivity index (χ3v) is 6.17. The topological polar surface area (TPSA) is 113 Å². The van der Waals surface area contributed by atoms with E-state index in [2.05, 4.69) is 15.1 Å². The van der Waals surface area contributed by atoms with Gasteiger partial charge in [0.25, 0.3) is 5.89 Å². The molecular weight excluding hydrogens is 520 g/mol. The largest absolute Gasteiger partial charge is 0.485 e. The number of hydrogen-bond donors (Lipinski definition) is 0. The fourth-order valence-corrected chi connectivity index (χ4v) is 4.43. The van der Waals surface area contributed by atoms with Crippen LogP contribution in [-0.2, 0) is 13.2 Å². The summed E-state index contributed by atoms with van der Waals surface area (Å²) in [5.74, 6) is 0.456. The molecule has 2 heterocycles. The second kappa shape index (κ2) is 11.3. The van der Waals surface area contributed by atoms with Crippen molar-refractivity contribution in [3.8, 4) is 34.3 Å². The number of pyridine rings is 1. The molecule has 9 nitrogen and oxygen atoms in total. The van der Waals surface area contributed by atoms with E-state index < -0.39 is 4.92 Å². The summed E-state index contributed by atoms with van der Waals surface area (Å²) in [4.78, 5) is 20.4. The molecule has 0 saturated carbocycles. The number of nitro groups is 1. The Labute approximate surface area is 229 Å². The highest BCUT2D eigenvalue weighted by molar-refractivity contribution is 6.32. The van der Waals surface area contributed by atoms with Gasteiger partial charge in [-0.2, -0.15) is 4.98 Å². The number of hydrogen-bond acceptors (Lipinski definition) is 8. The molecule has 10 heteroatoms. The van der Waals surface area contributed by atoms with E-state index >= 15 is 0 Å². The van der Waals surface area contributed by atoms with E-state index in [0.717, 1.165) is 22.4 Å². The summed E-state index contributed by atoms with van der Waals surface area (Å²) in [5, 5.41) is 16.5. The van der Waals surface area contributed by atoms with Crippen molar-refractivity contribution in [2.24, 2.45) is 0 Å². The van der Waals surface area contributed by atoms with E-state index in [9.17, 15) is 10.1 Å². The zero-order valence-electron chi connectivity index (χ0n) is 21.1. The van der Waals surface area contributed by atoms with Gasteiger partial charge in [0.2, 0.25) is 11.6 Å². The van der Waals surface area contributed by atoms with Crippen molar-refractivity contribution < 1.29 is 18.9 Å². The lowest BCUT2D eigenvalue weighted by Gasteiger charge is -2.14. The van der Waals surface area contributed by atoms with Gasteiger partial charge >= 0.3 is 5.69 Å². The average Bonchev–Trinajstić information content (AvgIpc) is 3.41. The maximum Gasteiger partial charge on any atom is 0.315 e. The highest BCUT2D eigenvalue weighted by atomic mass is 35.5. The van der Waals surface area contributed by atoms with Crippen LogP contribution in [0.2, 0.25) is 5.15 Å². The number of aromatic nitrogens is 3. The van der Waals surface area contributed by atoms with E-state index in [-0.39, 0.29) is 47.3 Å². The normalized spacial score (nSPS) is 10.8. The molecule has 196 valence electrons. The van der Waals surface area contributed by atoms with Crippen LogP contribution in [0.1, 0.15) is 22.4 Å². The van der Waals surface area contributed by atoms with Gasteiger partial charge in [0.15, 0.2) is 5.75 Å². The van der Waals surface area contributed by atoms with Crippen LogP contribution in [0.3, 0.4) is 0 Å². The van der Waals surface area contributed by atoms with E-state index in [1.54, 1.807) is 6.07 Å². The minimum atomic E-state index is -0.526. The van der Waals surface area contributed by atoms with Crippen LogP contribution in [0, 0.1) is 24.0 Å². The van der Waals surface area contributed by atoms with Crippen LogP contribution in [-0.4, -0.2) is 20.0 Å². The van der Waals surface area contributed by atoms with E-state index in [1.165, 1.54) is 6.07 Å². The molecule has 3 aromatic carbocycles. The maximum atomic E-state index is 12.2. The van der Waals surface area contributed by atoms with Crippen molar-refractivity contribution in [2.45, 2.75) is 27.1 Å². The molecule has 0 unspecified atom stereocenters. The summed E-state index contributed by atoms with van der Waals surface area (Å²) < 4.78 is 17.5. The molecule has 0 amide bonds. The zero-order valence-corrected chi connectivity index (χ0v) is 21.9. The molecule has 5 aromatic rings. The molecular formula is C29H23ClN4O5. The van der Waals surface area contributed by atoms with Gasteiger partial charge in [0.1, 0.15) is 18.4 Å². The summed E-state index contributed by atoms with van der Waals surface area (Å²) in [5.41, 5.74) is 3.84. The van der Waals surface area contributed by atoms with Crippen LogP contribution < -0.4 is 9.47 Å². The first-order chi connectivity index (χ1) is 18.9. The molecule has 5 rings (SSSR count). The monoisotopic (exact) mass is 542 g/mol. The Morgan fingerprint density at radius 1 is 0.897 bits per heavy atom. The number of nitrogens with zero attached hydrogens (tertiary/aromatic N) is 4. The van der Waals surface area contributed by atoms with Crippen molar-refractivity contribution in [1.29, 1.82) is 0 Å². The molecule has 0 aliphatic rings. The SMILES string of the molecule is Cc1cc(C)c(-c2noc(-c3cc(OCc4ccccc4)c(OCc4ccccc4)c([N+](=O)[O-])c3)n2)c(Cl)n1. The second-order valence-electron chi connectivity index (χ2n) is 8.80. The van der Waals surface area contributed by atoms with Crippen LogP contribution in [0.4, 0.5) is 5.69 Å². The number of benzene rings is 3. The molecule has 0 bridgehead atoms. The van der Waals surface area contributed by atoms with Gasteiger partial charge in [-0.3, -0.25) is 10.1 Å². The number of halogens is 1. The summed E-state index contributed by atoms with van der Waals surface area (Å²) in [7, 11) is 0. The first kappa shape index (κ1) is 25.9. The van der Waals surface area contributed by atoms with Crippen molar-refractivity contribution >= 4 is 17.3 Å². The lowest BCUT2D eigenvalue weighted by atomic mass is 10.1. The first-order valence-corrected chi connectivity index (χ1v) is 12.4. The van der Waals surface area contributed by atoms with E-state index in [1.807, 2.05) is 80.6 Å². The molecule has 0 aliphatic carbocycles. The van der Waals surface area contributed by atoms with Crippen molar-refractivity contribution in [3.63, 3.8) is 0 Å². The fraction of sp³-hybridized carbons (Fsp3) is 0.138. The van der Waals surface area contributed by atoms with Gasteiger partial charge in [0, 0.05) is 11.8 Å². The Morgan fingerprint density at radius 3 is 2.15 bits per heavy atom. The Kier molecular flexibility index (Phi) is 7.51. The standard InChI is InChI=1S/C29H23ClN4O5/c1-18-13-19(2)31-27(30)25(18)28-32-29(39-33-28)22-14-23(34(35)36)26(38-17-21-11-7-4-8-12-21)24(15-22)37-16-20-9-5-3-6-10-20/h3-15H,16-17H2,1-2H3. The highest BCUT2D eigenvalue weighted by Gasteiger charge is 2.26. The minimum Gasteiger partial charge on any atom is -0.485 e. The summed E-state index contributed by atoms with van der Waals surface area (Å²) in [6.07, 6.45) is 0. The smallest absolute Gasteiger partial charge is 0.315 e. The Morgan fingerprint density at radius 2 is 1.54 bits per heavy atom. The predicted octanol–water partition coefficient (Wildman–Crippen LogP) is 7.14. The molecule has 0 aliphatic heterocycles. The predicted molar refractivity (Wildman–Crippen MR) is 146 cm³/mol. The Bertz CT molecular complexity index is 1600. The zero-order chi connectivity index (χ0) is 27.4. The van der Waals surface area contributed by atoms with Gasteiger partial charge < -0.3 is 14.0 Å². The summed E-state index contributed by atoms with van der Waals surface area (Å²) >= 11 is 6.36. The van der Waals surface area contributed by atoms with Crippen LogP contribution >= 0.6 is 11.6 Å². The van der Waals surface area contributed by atoms with Gasteiger partial charge in [-0.05, 0) is 42.7 Å². The molecule has 0 fully saturated rings. The van der Waals surface area contributed by atoms with Crippen LogP contribution in [0.25, 0.3) is 22.8 Å². The first-order valence-electron chi connectivity index (χ1n) is 12.0. The third kappa shape index (κ3) is 5.89. The fourth-order valence-electron chi connectivity index (χ4n) is 4.07. The van der Waals surface area contributed by atoms with Gasteiger partial charge in [0.05, 0.1) is 16.1 Å². The quantitative estimate of drug-likeness (QED) is 0.110. The number of nitro benzene ring substituents is 1. The third-order valence-electron chi connectivity index (χ3n) is 5.89.